The molecule has 4 rings (SSSR count). The smallest absolute Gasteiger partial charge is 0.459 e. The van der Waals surface area contributed by atoms with Gasteiger partial charge in [-0.15, -0.1) is 6.42 Å². The van der Waals surface area contributed by atoms with Crippen LogP contribution in [0.2, 0.25) is 0 Å². The van der Waals surface area contributed by atoms with Gasteiger partial charge in [0.05, 0.1) is 19.5 Å². The molecule has 15 heteroatoms. The third-order valence-electron chi connectivity index (χ3n) is 10.0. The lowest BCUT2D eigenvalue weighted by atomic mass is 9.98. The number of unbranched alkanes of at least 4 members (excludes halogenated alkanes) is 13. The molecule has 0 radical (unpaired) electrons. The molecular formula is C43H60FN6O7P. The summed E-state index contributed by atoms with van der Waals surface area (Å²) in [6, 6.07) is 16.3. The number of terminal acetylenes is 1. The van der Waals surface area contributed by atoms with Gasteiger partial charge in [-0.2, -0.15) is 19.4 Å². The van der Waals surface area contributed by atoms with Crippen molar-refractivity contribution in [1.82, 2.24) is 24.6 Å². The molecule has 0 aliphatic heterocycles. The van der Waals surface area contributed by atoms with E-state index in [4.69, 9.17) is 30.7 Å². The Morgan fingerprint density at radius 3 is 2.12 bits per heavy atom. The lowest BCUT2D eigenvalue weighted by Crippen LogP contribution is -2.49. The Morgan fingerprint density at radius 1 is 0.948 bits per heavy atom. The maximum atomic E-state index is 14.7. The molecule has 2 aromatic carbocycles. The molecule has 0 saturated carbocycles. The lowest BCUT2D eigenvalue weighted by molar-refractivity contribution is -0.146. The number of imidazole rings is 1. The van der Waals surface area contributed by atoms with Crippen molar-refractivity contribution in [1.29, 1.82) is 0 Å². The van der Waals surface area contributed by atoms with Crippen LogP contribution in [0.1, 0.15) is 102 Å². The van der Waals surface area contributed by atoms with Crippen LogP contribution in [0.4, 0.5) is 10.2 Å². The van der Waals surface area contributed by atoms with Gasteiger partial charge in [-0.05, 0) is 30.5 Å². The predicted octanol–water partition coefficient (Wildman–Crippen LogP) is 8.36. The van der Waals surface area contributed by atoms with Gasteiger partial charge < -0.3 is 29.4 Å². The van der Waals surface area contributed by atoms with E-state index in [9.17, 15) is 18.9 Å². The highest BCUT2D eigenvalue weighted by atomic mass is 31.2. The van der Waals surface area contributed by atoms with Crippen molar-refractivity contribution < 1.29 is 37.4 Å². The largest absolute Gasteiger partial charge is 0.465 e. The summed E-state index contributed by atoms with van der Waals surface area (Å²) < 4.78 is 53.3. The normalized spacial score (nSPS) is 14.6. The number of aliphatic hydroxyl groups is 1. The summed E-state index contributed by atoms with van der Waals surface area (Å²) in [6.07, 6.45) is 21.6. The van der Waals surface area contributed by atoms with Crippen molar-refractivity contribution in [2.75, 3.05) is 26.1 Å². The average Bonchev–Trinajstić information content (AvgIpc) is 3.62. The van der Waals surface area contributed by atoms with E-state index in [-0.39, 0.29) is 42.3 Å². The van der Waals surface area contributed by atoms with Gasteiger partial charge in [-0.25, -0.2) is 9.55 Å². The first-order valence-electron chi connectivity index (χ1n) is 20.4. The van der Waals surface area contributed by atoms with E-state index in [1.807, 2.05) is 30.3 Å². The number of aromatic nitrogens is 4. The van der Waals surface area contributed by atoms with Crippen LogP contribution < -0.4 is 15.3 Å². The monoisotopic (exact) mass is 822 g/mol. The number of hydrogen-bond acceptors (Lipinski definition) is 11. The van der Waals surface area contributed by atoms with Crippen LogP contribution in [0.15, 0.2) is 67.0 Å². The summed E-state index contributed by atoms with van der Waals surface area (Å²) in [5.41, 5.74) is 4.80. The fourth-order valence-electron chi connectivity index (χ4n) is 6.58. The van der Waals surface area contributed by atoms with E-state index in [1.54, 1.807) is 30.3 Å². The van der Waals surface area contributed by atoms with E-state index in [1.165, 1.54) is 82.2 Å². The van der Waals surface area contributed by atoms with E-state index in [0.29, 0.717) is 6.42 Å². The van der Waals surface area contributed by atoms with E-state index in [0.717, 1.165) is 24.8 Å². The van der Waals surface area contributed by atoms with Crippen LogP contribution in [-0.4, -0.2) is 68.7 Å². The summed E-state index contributed by atoms with van der Waals surface area (Å²) in [5.74, 6) is 1.79. The number of halogens is 1. The molecule has 4 N–H and O–H groups in total. The molecule has 0 bridgehead atoms. The number of carbonyl (C=O) groups excluding carboxylic acids is 1. The van der Waals surface area contributed by atoms with Crippen molar-refractivity contribution in [2.24, 2.45) is 0 Å². The summed E-state index contributed by atoms with van der Waals surface area (Å²) in [6.45, 7) is 1.49. The molecule has 58 heavy (non-hydrogen) atoms. The molecule has 316 valence electrons. The number of nitrogens with zero attached hydrogens (tertiary/aromatic N) is 4. The fraction of sp³-hybridized carbons (Fsp3) is 0.535. The third kappa shape index (κ3) is 14.8. The van der Waals surface area contributed by atoms with Crippen molar-refractivity contribution >= 4 is 30.7 Å². The van der Waals surface area contributed by atoms with Crippen LogP contribution in [0, 0.1) is 18.4 Å². The zero-order valence-corrected chi connectivity index (χ0v) is 34.8. The summed E-state index contributed by atoms with van der Waals surface area (Å²) in [5, 5.41) is 14.3. The van der Waals surface area contributed by atoms with Crippen LogP contribution >= 0.6 is 7.75 Å². The number of hydrogen-bond donors (Lipinski definition) is 3. The number of ether oxygens (including phenoxy) is 2. The second-order valence-electron chi connectivity index (χ2n) is 14.5. The highest BCUT2D eigenvalue weighted by molar-refractivity contribution is 7.52. The molecule has 2 unspecified atom stereocenters. The molecule has 0 saturated heterocycles. The first-order chi connectivity index (χ1) is 28.1. The Kier molecular flexibility index (Phi) is 19.6. The topological polar surface area (TPSA) is 173 Å². The molecular weight excluding hydrogens is 762 g/mol. The van der Waals surface area contributed by atoms with Crippen LogP contribution in [0.25, 0.3) is 11.2 Å². The zero-order chi connectivity index (χ0) is 41.6. The van der Waals surface area contributed by atoms with Gasteiger partial charge in [-0.3, -0.25) is 9.32 Å². The summed E-state index contributed by atoms with van der Waals surface area (Å²) in [7, 11) is -3.24. The van der Waals surface area contributed by atoms with E-state index >= 15 is 0 Å². The molecule has 13 nitrogen and oxygen atoms in total. The van der Waals surface area contributed by atoms with Gasteiger partial charge in [0.2, 0.25) is 0 Å². The Balaban J connectivity index is 1.39. The number of nitrogens with one attached hydrogen (secondary N) is 1. The minimum Gasteiger partial charge on any atom is -0.465 e. The highest BCUT2D eigenvalue weighted by Crippen LogP contribution is 2.46. The molecule has 2 aromatic heterocycles. The van der Waals surface area contributed by atoms with Gasteiger partial charge in [0.15, 0.2) is 17.1 Å². The number of benzene rings is 2. The van der Waals surface area contributed by atoms with E-state index < -0.39 is 44.1 Å². The van der Waals surface area contributed by atoms with Gasteiger partial charge in [0.25, 0.3) is 0 Å². The molecule has 4 atom stereocenters. The molecule has 2 heterocycles. The first-order valence-corrected chi connectivity index (χ1v) is 22.0. The van der Waals surface area contributed by atoms with Crippen LogP contribution in [0.3, 0.4) is 0 Å². The second-order valence-corrected chi connectivity index (χ2v) is 16.2. The highest BCUT2D eigenvalue weighted by Gasteiger charge is 2.43. The quantitative estimate of drug-likeness (QED) is 0.0157. The van der Waals surface area contributed by atoms with Crippen molar-refractivity contribution in [3.8, 4) is 18.1 Å². The second kappa shape index (κ2) is 24.5. The van der Waals surface area contributed by atoms with Crippen molar-refractivity contribution in [3.63, 3.8) is 0 Å². The number of rotatable bonds is 29. The number of para-hydroxylation sites is 1. The molecule has 0 fully saturated rings. The van der Waals surface area contributed by atoms with Gasteiger partial charge in [0.1, 0.15) is 30.0 Å². The lowest BCUT2D eigenvalue weighted by Gasteiger charge is -2.33. The molecule has 4 aromatic rings. The van der Waals surface area contributed by atoms with E-state index in [2.05, 4.69) is 32.9 Å². The minimum atomic E-state index is -4.49. The summed E-state index contributed by atoms with van der Waals surface area (Å²) >= 11 is 0. The molecule has 0 amide bonds. The third-order valence-corrected chi connectivity index (χ3v) is 11.6. The maximum Gasteiger partial charge on any atom is 0.459 e. The zero-order valence-electron chi connectivity index (χ0n) is 33.9. The number of anilines is 1. The Morgan fingerprint density at radius 2 is 1.53 bits per heavy atom. The average molecular weight is 823 g/mol. The number of aliphatic hydroxyl groups excluding tert-OH is 1. The van der Waals surface area contributed by atoms with Crippen LogP contribution in [-0.2, 0) is 36.3 Å². The number of fused-ring (bicyclic) bond motifs is 1. The van der Waals surface area contributed by atoms with Crippen molar-refractivity contribution in [2.45, 2.75) is 128 Å². The predicted molar refractivity (Wildman–Crippen MR) is 223 cm³/mol. The number of carbonyl (C=O) groups is 1. The Bertz CT molecular complexity index is 1900. The number of nitrogen functional groups attached to an aromatic ring is 1. The molecule has 0 spiro atoms. The minimum absolute atomic E-state index is 0.0168. The van der Waals surface area contributed by atoms with Gasteiger partial charge in [-0.1, -0.05) is 145 Å². The van der Waals surface area contributed by atoms with Gasteiger partial charge in [0, 0.05) is 7.11 Å². The van der Waals surface area contributed by atoms with Crippen molar-refractivity contribution in [3.05, 3.63) is 78.6 Å². The molecule has 0 aliphatic carbocycles. The maximum absolute atomic E-state index is 14.7. The first kappa shape index (κ1) is 46.3. The van der Waals surface area contributed by atoms with Crippen LogP contribution in [0.5, 0.6) is 5.75 Å². The SMILES string of the molecule is C#CC(COP(=O)(N[C@@H](Cc1ccccc1)C(=O)OCCCCCCCCCCCCCCCC)Oc1ccccc1)(OC)[C@@H](O)Cn1cnc2c(N)nc(F)nc21. The Hall–Kier alpha value is -4.38. The number of methoxy groups -OCH3 is 1. The number of nitrogens with two attached hydrogens (primary N) is 1. The standard InChI is InChI=1S/C43H60FN6O7P/c1-4-6-7-8-9-10-11-12-13-14-15-16-17-24-29-55-41(52)36(30-34-25-20-18-21-26-34)49-58(53,57-35-27-22-19-23-28-35)56-32-43(5-2,54-3)37(51)31-50-33-46-38-39(45)47-42(44)48-40(38)50/h2,18-23,25-28,33,36-37,51H,4,6-17,24,29-32H2,1,3H3,(H,49,53)(H2,45,47,48)/t36-,37-,43?,58?/m0/s1. The molecule has 0 aliphatic rings. The fourth-order valence-corrected chi connectivity index (χ4v) is 8.10. The van der Waals surface area contributed by atoms with Gasteiger partial charge >= 0.3 is 19.8 Å². The summed E-state index contributed by atoms with van der Waals surface area (Å²) in [4.78, 5) is 25.0. The Labute approximate surface area is 342 Å². The number of esters is 1.